The van der Waals surface area contributed by atoms with Gasteiger partial charge in [0.2, 0.25) is 5.91 Å². The molecule has 5 rings (SSSR count). The van der Waals surface area contributed by atoms with Crippen molar-refractivity contribution in [2.24, 2.45) is 0 Å². The second-order valence-electron chi connectivity index (χ2n) is 7.45. The number of phenols is 2. The molecule has 2 heterocycles. The van der Waals surface area contributed by atoms with Gasteiger partial charge in [-0.1, -0.05) is 25.1 Å². The van der Waals surface area contributed by atoms with Gasteiger partial charge in [-0.25, -0.2) is 4.79 Å². The number of nitrogens with one attached hydrogen (secondary N) is 1. The fourth-order valence-electron chi connectivity index (χ4n) is 4.27. The van der Waals surface area contributed by atoms with Gasteiger partial charge in [0.1, 0.15) is 23.0 Å². The Morgan fingerprint density at radius 3 is 2.62 bits per heavy atom. The molecule has 7 nitrogen and oxygen atoms in total. The first-order chi connectivity index (χ1) is 15.4. The Labute approximate surface area is 188 Å². The highest BCUT2D eigenvalue weighted by Crippen LogP contribution is 2.59. The highest BCUT2D eigenvalue weighted by atomic mass is 32.2. The number of aromatic hydroxyl groups is 2. The molecule has 1 amide bonds. The van der Waals surface area contributed by atoms with Gasteiger partial charge in [0, 0.05) is 29.3 Å². The lowest BCUT2D eigenvalue weighted by Gasteiger charge is -2.37. The zero-order chi connectivity index (χ0) is 22.5. The molecule has 2 aliphatic heterocycles. The first kappa shape index (κ1) is 20.3. The van der Waals surface area contributed by atoms with Gasteiger partial charge in [-0.05, 0) is 24.0 Å². The van der Waals surface area contributed by atoms with Crippen molar-refractivity contribution in [3.63, 3.8) is 0 Å². The maximum Gasteiger partial charge on any atom is 0.340 e. The smallest absolute Gasteiger partial charge is 0.340 e. The van der Waals surface area contributed by atoms with Crippen molar-refractivity contribution in [2.75, 3.05) is 16.8 Å². The van der Waals surface area contributed by atoms with E-state index in [4.69, 9.17) is 9.47 Å². The van der Waals surface area contributed by atoms with E-state index in [0.29, 0.717) is 22.3 Å². The van der Waals surface area contributed by atoms with Crippen LogP contribution in [0.3, 0.4) is 0 Å². The normalized spacial score (nSPS) is 17.7. The van der Waals surface area contributed by atoms with E-state index in [1.54, 1.807) is 30.3 Å². The third kappa shape index (κ3) is 2.98. The fraction of sp³-hybridized carbons (Fsp3) is 0.167. The summed E-state index contributed by atoms with van der Waals surface area (Å²) in [5, 5.41) is 23.2. The van der Waals surface area contributed by atoms with Gasteiger partial charge in [0.15, 0.2) is 5.60 Å². The van der Waals surface area contributed by atoms with Gasteiger partial charge < -0.3 is 25.0 Å². The maximum absolute atomic E-state index is 12.9. The van der Waals surface area contributed by atoms with E-state index >= 15 is 0 Å². The molecule has 0 bridgehead atoms. The van der Waals surface area contributed by atoms with Crippen LogP contribution in [0.15, 0.2) is 54.6 Å². The molecule has 3 N–H and O–H groups in total. The zero-order valence-corrected chi connectivity index (χ0v) is 17.9. The Morgan fingerprint density at radius 1 is 1.03 bits per heavy atom. The summed E-state index contributed by atoms with van der Waals surface area (Å²) >= 11 is 1.46. The van der Waals surface area contributed by atoms with Gasteiger partial charge in [0.25, 0.3) is 0 Å². The van der Waals surface area contributed by atoms with Gasteiger partial charge in [-0.2, -0.15) is 11.8 Å². The number of phenolic OH excluding ortho intramolecular Hbond substituents is 2. The molecule has 8 heteroatoms. The lowest BCUT2D eigenvalue weighted by molar-refractivity contribution is -0.113. The molecule has 3 aromatic carbocycles. The average molecular weight is 449 g/mol. The zero-order valence-electron chi connectivity index (χ0n) is 17.0. The first-order valence-corrected chi connectivity index (χ1v) is 11.2. The van der Waals surface area contributed by atoms with E-state index in [1.807, 2.05) is 6.92 Å². The lowest BCUT2D eigenvalue weighted by atomic mass is 9.77. The van der Waals surface area contributed by atoms with Crippen LogP contribution in [0.2, 0.25) is 0 Å². The summed E-state index contributed by atoms with van der Waals surface area (Å²) in [7, 11) is 0. The van der Waals surface area contributed by atoms with Crippen molar-refractivity contribution in [3.8, 4) is 23.0 Å². The summed E-state index contributed by atoms with van der Waals surface area (Å²) in [6.45, 7) is 1.96. The number of carbonyl (C=O) groups is 2. The third-order valence-electron chi connectivity index (χ3n) is 5.49. The molecule has 3 aromatic rings. The SMILES string of the molecule is CCSCC(=O)Nc1cc(O)cc2c1C1(OC(=O)c3ccccc31)c1ccc(O)cc1O2. The maximum atomic E-state index is 12.9. The number of benzene rings is 3. The number of carbonyl (C=O) groups excluding carboxylic acids is 2. The summed E-state index contributed by atoms with van der Waals surface area (Å²) in [4.78, 5) is 25.5. The number of ether oxygens (including phenoxy) is 2. The molecule has 162 valence electrons. The number of amides is 1. The molecule has 0 aliphatic carbocycles. The Bertz CT molecular complexity index is 1270. The van der Waals surface area contributed by atoms with Crippen LogP contribution in [-0.2, 0) is 15.1 Å². The number of esters is 1. The topological polar surface area (TPSA) is 105 Å². The first-order valence-electron chi connectivity index (χ1n) is 10.0. The van der Waals surface area contributed by atoms with Crippen LogP contribution in [0.5, 0.6) is 23.0 Å². The van der Waals surface area contributed by atoms with E-state index in [9.17, 15) is 19.8 Å². The van der Waals surface area contributed by atoms with Crippen molar-refractivity contribution in [2.45, 2.75) is 12.5 Å². The predicted octanol–water partition coefficient (Wildman–Crippen LogP) is 4.36. The minimum absolute atomic E-state index is 0.0229. The second kappa shape index (κ2) is 7.49. The highest BCUT2D eigenvalue weighted by molar-refractivity contribution is 7.99. The number of rotatable bonds is 4. The second-order valence-corrected chi connectivity index (χ2v) is 8.72. The van der Waals surface area contributed by atoms with Crippen LogP contribution in [0.1, 0.15) is 34.0 Å². The molecule has 32 heavy (non-hydrogen) atoms. The van der Waals surface area contributed by atoms with Crippen LogP contribution < -0.4 is 10.1 Å². The molecule has 0 radical (unpaired) electrons. The summed E-state index contributed by atoms with van der Waals surface area (Å²) in [5.74, 6) is 0.588. The average Bonchev–Trinajstić information content (AvgIpc) is 3.04. The molecule has 1 unspecified atom stereocenters. The molecule has 0 fully saturated rings. The lowest BCUT2D eigenvalue weighted by Crippen LogP contribution is -2.34. The summed E-state index contributed by atoms with van der Waals surface area (Å²) < 4.78 is 12.1. The van der Waals surface area contributed by atoms with Crippen molar-refractivity contribution in [3.05, 3.63) is 76.9 Å². The van der Waals surface area contributed by atoms with Gasteiger partial charge in [-0.3, -0.25) is 4.79 Å². The standard InChI is InChI=1S/C24H19NO6S/c1-2-32-12-21(28)25-18-9-14(27)11-20-22(18)24(17-8-7-13(26)10-19(17)30-20)16-6-4-3-5-15(16)23(29)31-24/h3-11,26-27H,2,12H2,1H3,(H,25,28). The van der Waals surface area contributed by atoms with E-state index in [-0.39, 0.29) is 40.3 Å². The van der Waals surface area contributed by atoms with E-state index in [1.165, 1.54) is 36.0 Å². The highest BCUT2D eigenvalue weighted by Gasteiger charge is 2.55. The van der Waals surface area contributed by atoms with Gasteiger partial charge >= 0.3 is 5.97 Å². The molecule has 0 saturated heterocycles. The number of fused-ring (bicyclic) bond motifs is 6. The van der Waals surface area contributed by atoms with E-state index in [0.717, 1.165) is 5.75 Å². The summed E-state index contributed by atoms with van der Waals surface area (Å²) in [6.07, 6.45) is 0. The number of anilines is 1. The molecule has 0 aromatic heterocycles. The summed E-state index contributed by atoms with van der Waals surface area (Å²) in [5.41, 5.74) is 0.757. The van der Waals surface area contributed by atoms with Gasteiger partial charge in [-0.15, -0.1) is 0 Å². The number of thioether (sulfide) groups is 1. The van der Waals surface area contributed by atoms with Crippen molar-refractivity contribution >= 4 is 29.3 Å². The summed E-state index contributed by atoms with van der Waals surface area (Å²) in [6, 6.07) is 14.4. The minimum Gasteiger partial charge on any atom is -0.508 e. The number of hydrogen-bond donors (Lipinski definition) is 3. The van der Waals surface area contributed by atoms with Crippen LogP contribution in [0, 0.1) is 0 Å². The van der Waals surface area contributed by atoms with Gasteiger partial charge in [0.05, 0.1) is 22.6 Å². The van der Waals surface area contributed by atoms with E-state index in [2.05, 4.69) is 5.32 Å². The molecule has 1 spiro atoms. The predicted molar refractivity (Wildman–Crippen MR) is 120 cm³/mol. The van der Waals surface area contributed by atoms with Crippen LogP contribution in [-0.4, -0.2) is 33.6 Å². The Morgan fingerprint density at radius 2 is 1.81 bits per heavy atom. The van der Waals surface area contributed by atoms with Crippen molar-refractivity contribution in [1.82, 2.24) is 0 Å². The van der Waals surface area contributed by atoms with Crippen LogP contribution in [0.25, 0.3) is 0 Å². The van der Waals surface area contributed by atoms with Crippen LogP contribution >= 0.6 is 11.8 Å². The Kier molecular flexibility index (Phi) is 4.74. The molecular weight excluding hydrogens is 430 g/mol. The van der Waals surface area contributed by atoms with E-state index < -0.39 is 11.6 Å². The van der Waals surface area contributed by atoms with Crippen molar-refractivity contribution in [1.29, 1.82) is 0 Å². The molecule has 1 atom stereocenters. The third-order valence-corrected chi connectivity index (χ3v) is 6.36. The largest absolute Gasteiger partial charge is 0.508 e. The Balaban J connectivity index is 1.79. The fourth-order valence-corrected chi connectivity index (χ4v) is 4.73. The molecular formula is C24H19NO6S. The quantitative estimate of drug-likeness (QED) is 0.509. The van der Waals surface area contributed by atoms with Crippen LogP contribution in [0.4, 0.5) is 5.69 Å². The monoisotopic (exact) mass is 449 g/mol. The minimum atomic E-state index is -1.42. The molecule has 2 aliphatic rings. The number of hydrogen-bond acceptors (Lipinski definition) is 7. The van der Waals surface area contributed by atoms with Crippen molar-refractivity contribution < 1.29 is 29.3 Å². The molecule has 0 saturated carbocycles. The Hall–Kier alpha value is -3.65.